The standard InChI is InChI=1S/C98H70N4/c1-67-97(75-37-17-7-18-38-75)91-63-77(47-61-95(91)99(67)79-49-53-81(54-50-79)101(93-45-25-41-71-35-21-23-43-87(71)93)83-57-59-85(69-27-9-3-10-28-69)89(65-83)73-31-13-5-14-32-73)78-48-62-96-92(64-78)98(76-39-19-8-20-40-76)68(2)100(96)80-51-55-82(56-52-80)102(94-46-26-42-72-36-22-24-44-88(72)94)84-58-60-86(70-29-11-4-12-30-70)90(66-84)74-33-15-6-16-34-74/h3-66H,1-2H3. The van der Waals surface area contributed by atoms with E-state index in [2.05, 4.69) is 421 Å². The summed E-state index contributed by atoms with van der Waals surface area (Å²) in [6.45, 7) is 4.56. The summed E-state index contributed by atoms with van der Waals surface area (Å²) in [5, 5.41) is 7.14. The molecule has 0 bridgehead atoms. The third kappa shape index (κ3) is 11.0. The minimum Gasteiger partial charge on any atom is -0.313 e. The largest absolute Gasteiger partial charge is 0.313 e. The first-order valence-electron chi connectivity index (χ1n) is 35.1. The normalized spacial score (nSPS) is 11.4. The molecule has 2 aromatic heterocycles. The van der Waals surface area contributed by atoms with Crippen LogP contribution in [0.2, 0.25) is 0 Å². The zero-order valence-corrected chi connectivity index (χ0v) is 56.7. The zero-order chi connectivity index (χ0) is 68.0. The van der Waals surface area contributed by atoms with Gasteiger partial charge in [0.2, 0.25) is 0 Å². The molecule has 0 aliphatic carbocycles. The molecule has 0 spiro atoms. The van der Waals surface area contributed by atoms with Crippen LogP contribution in [0.1, 0.15) is 11.4 Å². The topological polar surface area (TPSA) is 16.3 Å². The van der Waals surface area contributed by atoms with E-state index in [1.54, 1.807) is 0 Å². The molecule has 0 aliphatic rings. The van der Waals surface area contributed by atoms with Crippen molar-refractivity contribution in [1.29, 1.82) is 0 Å². The van der Waals surface area contributed by atoms with Crippen LogP contribution >= 0.6 is 0 Å². The summed E-state index contributed by atoms with van der Waals surface area (Å²) in [4.78, 5) is 4.86. The average Bonchev–Trinajstić information content (AvgIpc) is 1.54. The van der Waals surface area contributed by atoms with Gasteiger partial charge < -0.3 is 18.9 Å². The van der Waals surface area contributed by atoms with Gasteiger partial charge in [0.05, 0.1) is 22.4 Å². The molecule has 0 unspecified atom stereocenters. The van der Waals surface area contributed by atoms with E-state index < -0.39 is 0 Å². The van der Waals surface area contributed by atoms with Gasteiger partial charge in [-0.25, -0.2) is 0 Å². The van der Waals surface area contributed by atoms with Crippen LogP contribution in [0.5, 0.6) is 0 Å². The molecule has 0 fully saturated rings. The van der Waals surface area contributed by atoms with Crippen molar-refractivity contribution in [3.05, 3.63) is 400 Å². The molecule has 18 aromatic rings. The van der Waals surface area contributed by atoms with Crippen molar-refractivity contribution in [2.45, 2.75) is 13.8 Å². The fourth-order valence-corrected chi connectivity index (χ4v) is 15.8. The Morgan fingerprint density at radius 1 is 0.206 bits per heavy atom. The van der Waals surface area contributed by atoms with E-state index in [1.165, 1.54) is 110 Å². The molecule has 0 radical (unpaired) electrons. The number of anilines is 6. The lowest BCUT2D eigenvalue weighted by molar-refractivity contribution is 1.05. The fraction of sp³-hybridized carbons (Fsp3) is 0.0204. The first kappa shape index (κ1) is 61.1. The zero-order valence-electron chi connectivity index (χ0n) is 56.7. The second-order valence-corrected chi connectivity index (χ2v) is 26.4. The lowest BCUT2D eigenvalue weighted by Gasteiger charge is -2.28. The third-order valence-electron chi connectivity index (χ3n) is 20.5. The molecule has 102 heavy (non-hydrogen) atoms. The van der Waals surface area contributed by atoms with Crippen LogP contribution in [0.3, 0.4) is 0 Å². The van der Waals surface area contributed by atoms with Crippen molar-refractivity contribution in [2.24, 2.45) is 0 Å². The molecule has 0 saturated carbocycles. The van der Waals surface area contributed by atoms with E-state index in [0.717, 1.165) is 67.7 Å². The molecular formula is C98H70N4. The van der Waals surface area contributed by atoms with Gasteiger partial charge >= 0.3 is 0 Å². The number of fused-ring (bicyclic) bond motifs is 4. The maximum absolute atomic E-state index is 2.45. The van der Waals surface area contributed by atoms with Gasteiger partial charge in [-0.3, -0.25) is 0 Å². The van der Waals surface area contributed by atoms with Gasteiger partial charge in [0.25, 0.3) is 0 Å². The molecule has 4 nitrogen and oxygen atoms in total. The molecule has 4 heteroatoms. The van der Waals surface area contributed by atoms with Gasteiger partial charge in [-0.05, 0) is 201 Å². The molecule has 18 rings (SSSR count). The van der Waals surface area contributed by atoms with Crippen LogP contribution < -0.4 is 9.80 Å². The number of aromatic nitrogens is 2. The highest BCUT2D eigenvalue weighted by molar-refractivity contribution is 6.06. The van der Waals surface area contributed by atoms with Gasteiger partial charge in [-0.2, -0.15) is 0 Å². The average molecular weight is 1300 g/mol. The van der Waals surface area contributed by atoms with Gasteiger partial charge in [0.15, 0.2) is 0 Å². The molecule has 0 amide bonds. The highest BCUT2D eigenvalue weighted by Gasteiger charge is 2.25. The van der Waals surface area contributed by atoms with E-state index >= 15 is 0 Å². The predicted molar refractivity (Wildman–Crippen MR) is 432 cm³/mol. The van der Waals surface area contributed by atoms with Crippen molar-refractivity contribution < 1.29 is 0 Å². The number of rotatable bonds is 15. The Morgan fingerprint density at radius 3 is 0.873 bits per heavy atom. The van der Waals surface area contributed by atoms with Gasteiger partial charge in [0, 0.05) is 78.2 Å². The highest BCUT2D eigenvalue weighted by Crippen LogP contribution is 2.48. The van der Waals surface area contributed by atoms with E-state index in [0.29, 0.717) is 0 Å². The summed E-state index contributed by atoms with van der Waals surface area (Å²) in [5.74, 6) is 0. The van der Waals surface area contributed by atoms with E-state index in [1.807, 2.05) is 0 Å². The maximum atomic E-state index is 2.45. The van der Waals surface area contributed by atoms with Crippen LogP contribution in [-0.2, 0) is 0 Å². The molecule has 2 heterocycles. The highest BCUT2D eigenvalue weighted by atomic mass is 15.2. The number of nitrogens with zero attached hydrogens (tertiary/aromatic N) is 4. The van der Waals surface area contributed by atoms with Crippen LogP contribution in [0, 0.1) is 13.8 Å². The molecule has 482 valence electrons. The number of hydrogen-bond acceptors (Lipinski definition) is 2. The Morgan fingerprint density at radius 2 is 0.510 bits per heavy atom. The Balaban J connectivity index is 0.740. The van der Waals surface area contributed by atoms with Crippen molar-refractivity contribution in [3.8, 4) is 89.3 Å². The minimum absolute atomic E-state index is 1.06. The summed E-state index contributed by atoms with van der Waals surface area (Å²) in [5.41, 5.74) is 29.9. The van der Waals surface area contributed by atoms with Gasteiger partial charge in [0.1, 0.15) is 0 Å². The van der Waals surface area contributed by atoms with Gasteiger partial charge in [-0.15, -0.1) is 0 Å². The minimum atomic E-state index is 1.06. The Labute approximate surface area is 595 Å². The Hall–Kier alpha value is -13.3. The second-order valence-electron chi connectivity index (χ2n) is 26.4. The van der Waals surface area contributed by atoms with E-state index in [-0.39, 0.29) is 0 Å². The van der Waals surface area contributed by atoms with Crippen LogP contribution in [-0.4, -0.2) is 9.13 Å². The molecule has 0 atom stereocenters. The monoisotopic (exact) mass is 1300 g/mol. The Bertz CT molecular complexity index is 5710. The third-order valence-corrected chi connectivity index (χ3v) is 20.5. The van der Waals surface area contributed by atoms with Crippen molar-refractivity contribution in [3.63, 3.8) is 0 Å². The second kappa shape index (κ2) is 26.2. The molecular weight excluding hydrogens is 1230 g/mol. The lowest BCUT2D eigenvalue weighted by Crippen LogP contribution is -2.11. The van der Waals surface area contributed by atoms with Crippen LogP contribution in [0.4, 0.5) is 34.1 Å². The number of hydrogen-bond donors (Lipinski definition) is 0. The summed E-state index contributed by atoms with van der Waals surface area (Å²) in [7, 11) is 0. The molecule has 0 aliphatic heterocycles. The van der Waals surface area contributed by atoms with Crippen molar-refractivity contribution >= 4 is 77.5 Å². The maximum Gasteiger partial charge on any atom is 0.0540 e. The predicted octanol–water partition coefficient (Wildman–Crippen LogP) is 27.1. The summed E-state index contributed by atoms with van der Waals surface area (Å²) >= 11 is 0. The van der Waals surface area contributed by atoms with Gasteiger partial charge in [-0.1, -0.05) is 279 Å². The SMILES string of the molecule is Cc1c(-c2ccccc2)c2cc(-c3ccc4c(c3)c(-c3ccccc3)c(C)n4-c3ccc(N(c4ccc(-c5ccccc5)c(-c5ccccc5)c4)c4cccc5ccccc45)cc3)ccc2n1-c1ccc(N(c2ccc(-c3ccccc3)c(-c3ccccc3)c2)c2cccc3ccccc23)cc1. The van der Waals surface area contributed by atoms with E-state index in [4.69, 9.17) is 0 Å². The lowest BCUT2D eigenvalue weighted by atomic mass is 9.93. The first-order chi connectivity index (χ1) is 50.5. The van der Waals surface area contributed by atoms with Crippen LogP contribution in [0.15, 0.2) is 388 Å². The summed E-state index contributed by atoms with van der Waals surface area (Å²) in [6, 6.07) is 142. The molecule has 0 saturated heterocycles. The first-order valence-corrected chi connectivity index (χ1v) is 35.1. The molecule has 16 aromatic carbocycles. The summed E-state index contributed by atoms with van der Waals surface area (Å²) < 4.78 is 4.90. The van der Waals surface area contributed by atoms with Crippen molar-refractivity contribution in [1.82, 2.24) is 9.13 Å². The smallest absolute Gasteiger partial charge is 0.0540 e. The molecule has 0 N–H and O–H groups in total. The number of benzene rings is 16. The van der Waals surface area contributed by atoms with Crippen LogP contribution in [0.25, 0.3) is 133 Å². The summed E-state index contributed by atoms with van der Waals surface area (Å²) in [6.07, 6.45) is 0. The Kier molecular flexibility index (Phi) is 15.7. The van der Waals surface area contributed by atoms with Crippen molar-refractivity contribution in [2.75, 3.05) is 9.80 Å². The quantitative estimate of drug-likeness (QED) is 0.102. The van der Waals surface area contributed by atoms with E-state index in [9.17, 15) is 0 Å². The fourth-order valence-electron chi connectivity index (χ4n) is 15.8.